The second kappa shape index (κ2) is 8.94. The SMILES string of the molecule is Fc1ccc(-c2nccc3[nH]c(-c4n[nH]c5ccc(-c6cncc(CN7CCCC7)c6)cc45)cc23)cc1. The van der Waals surface area contributed by atoms with Crippen molar-refractivity contribution >= 4 is 21.8 Å². The molecule has 37 heavy (non-hydrogen) atoms. The molecule has 1 aliphatic rings. The van der Waals surface area contributed by atoms with Gasteiger partial charge in [-0.1, -0.05) is 6.07 Å². The van der Waals surface area contributed by atoms with Crippen molar-refractivity contribution in [2.24, 2.45) is 0 Å². The zero-order chi connectivity index (χ0) is 24.8. The Morgan fingerprint density at radius 3 is 2.46 bits per heavy atom. The van der Waals surface area contributed by atoms with E-state index in [4.69, 9.17) is 0 Å². The lowest BCUT2D eigenvalue weighted by molar-refractivity contribution is 0.331. The summed E-state index contributed by atoms with van der Waals surface area (Å²) in [5.41, 5.74) is 8.79. The van der Waals surface area contributed by atoms with Crippen LogP contribution in [0.2, 0.25) is 0 Å². The number of halogens is 1. The van der Waals surface area contributed by atoms with Crippen molar-refractivity contribution in [3.8, 4) is 33.8 Å². The van der Waals surface area contributed by atoms with Crippen LogP contribution < -0.4 is 0 Å². The van der Waals surface area contributed by atoms with Crippen molar-refractivity contribution in [2.75, 3.05) is 13.1 Å². The summed E-state index contributed by atoms with van der Waals surface area (Å²) in [4.78, 5) is 15.1. The molecule has 0 saturated carbocycles. The summed E-state index contributed by atoms with van der Waals surface area (Å²) in [5.74, 6) is -0.263. The minimum absolute atomic E-state index is 0.263. The molecule has 0 amide bonds. The maximum Gasteiger partial charge on any atom is 0.123 e. The molecule has 7 heteroatoms. The number of H-pyrrole nitrogens is 2. The first-order valence-electron chi connectivity index (χ1n) is 12.6. The van der Waals surface area contributed by atoms with E-state index in [1.807, 2.05) is 18.5 Å². The number of nitrogens with zero attached hydrogens (tertiary/aromatic N) is 4. The van der Waals surface area contributed by atoms with Crippen LogP contribution in [0.15, 0.2) is 79.3 Å². The Balaban J connectivity index is 1.27. The standard InChI is InChI=1S/C30H25FN6/c31-23-6-3-20(4-7-23)29-25-15-28(34-26(25)9-10-33-29)30-24-14-21(5-8-27(24)35-36-30)22-13-19(16-32-17-22)18-37-11-1-2-12-37/h3-10,13-17,34H,1-2,11-12,18H2,(H,35,36). The molecule has 6 nitrogen and oxygen atoms in total. The minimum Gasteiger partial charge on any atom is -0.353 e. The molecule has 5 heterocycles. The van der Waals surface area contributed by atoms with E-state index in [1.165, 1.54) is 30.5 Å². The van der Waals surface area contributed by atoms with E-state index in [2.05, 4.69) is 60.4 Å². The van der Waals surface area contributed by atoms with Crippen molar-refractivity contribution < 1.29 is 4.39 Å². The quantitative estimate of drug-likeness (QED) is 0.288. The van der Waals surface area contributed by atoms with Gasteiger partial charge in [-0.3, -0.25) is 20.0 Å². The van der Waals surface area contributed by atoms with Crippen molar-refractivity contribution in [1.29, 1.82) is 0 Å². The molecule has 4 aromatic heterocycles. The van der Waals surface area contributed by atoms with Crippen LogP contribution >= 0.6 is 0 Å². The first kappa shape index (κ1) is 21.9. The second-order valence-corrected chi connectivity index (χ2v) is 9.71. The highest BCUT2D eigenvalue weighted by Crippen LogP contribution is 2.34. The summed E-state index contributed by atoms with van der Waals surface area (Å²) in [6.45, 7) is 3.27. The predicted molar refractivity (Wildman–Crippen MR) is 144 cm³/mol. The molecule has 0 spiro atoms. The summed E-state index contributed by atoms with van der Waals surface area (Å²) >= 11 is 0. The van der Waals surface area contributed by atoms with Crippen LogP contribution in [-0.2, 0) is 6.54 Å². The Hall–Kier alpha value is -4.36. The molecule has 0 bridgehead atoms. The fourth-order valence-corrected chi connectivity index (χ4v) is 5.35. The molecule has 2 N–H and O–H groups in total. The number of nitrogens with one attached hydrogen (secondary N) is 2. The number of rotatable bonds is 5. The number of pyridine rings is 2. The summed E-state index contributed by atoms with van der Waals surface area (Å²) in [6.07, 6.45) is 8.23. The monoisotopic (exact) mass is 488 g/mol. The lowest BCUT2D eigenvalue weighted by Crippen LogP contribution is -2.18. The van der Waals surface area contributed by atoms with Gasteiger partial charge in [0.2, 0.25) is 0 Å². The van der Waals surface area contributed by atoms with E-state index < -0.39 is 0 Å². The Morgan fingerprint density at radius 1 is 0.784 bits per heavy atom. The van der Waals surface area contributed by atoms with Crippen LogP contribution in [0.4, 0.5) is 4.39 Å². The van der Waals surface area contributed by atoms with Gasteiger partial charge in [-0.25, -0.2) is 4.39 Å². The molecule has 0 atom stereocenters. The molecule has 2 aromatic carbocycles. The smallest absolute Gasteiger partial charge is 0.123 e. The highest BCUT2D eigenvalue weighted by Gasteiger charge is 2.16. The molecule has 0 aliphatic carbocycles. The zero-order valence-electron chi connectivity index (χ0n) is 20.2. The van der Waals surface area contributed by atoms with Gasteiger partial charge in [0.25, 0.3) is 0 Å². The van der Waals surface area contributed by atoms with Crippen LogP contribution in [0.5, 0.6) is 0 Å². The molecule has 182 valence electrons. The molecule has 0 radical (unpaired) electrons. The van der Waals surface area contributed by atoms with Gasteiger partial charge in [0, 0.05) is 52.6 Å². The predicted octanol–water partition coefficient (Wildman–Crippen LogP) is 6.57. The molecular formula is C30H25FN6. The summed E-state index contributed by atoms with van der Waals surface area (Å²) < 4.78 is 13.5. The lowest BCUT2D eigenvalue weighted by Gasteiger charge is -2.14. The highest BCUT2D eigenvalue weighted by molar-refractivity contribution is 6.00. The van der Waals surface area contributed by atoms with E-state index in [0.717, 1.165) is 75.2 Å². The van der Waals surface area contributed by atoms with Gasteiger partial charge in [-0.05, 0) is 91.7 Å². The lowest BCUT2D eigenvalue weighted by atomic mass is 10.0. The van der Waals surface area contributed by atoms with E-state index in [0.29, 0.717) is 0 Å². The summed E-state index contributed by atoms with van der Waals surface area (Å²) in [6, 6.07) is 19.1. The van der Waals surface area contributed by atoms with E-state index in [-0.39, 0.29) is 5.82 Å². The third-order valence-electron chi connectivity index (χ3n) is 7.22. The molecule has 6 aromatic rings. The van der Waals surface area contributed by atoms with Gasteiger partial charge >= 0.3 is 0 Å². The van der Waals surface area contributed by atoms with Crippen molar-refractivity contribution in [3.63, 3.8) is 0 Å². The van der Waals surface area contributed by atoms with Crippen LogP contribution in [0.1, 0.15) is 18.4 Å². The molecular weight excluding hydrogens is 463 g/mol. The summed E-state index contributed by atoms with van der Waals surface area (Å²) in [5, 5.41) is 9.82. The number of benzene rings is 2. The number of hydrogen-bond acceptors (Lipinski definition) is 4. The van der Waals surface area contributed by atoms with Crippen LogP contribution in [-0.4, -0.2) is 43.1 Å². The zero-order valence-corrected chi connectivity index (χ0v) is 20.2. The Kier molecular flexibility index (Phi) is 5.29. The van der Waals surface area contributed by atoms with Crippen molar-refractivity contribution in [1.82, 2.24) is 30.0 Å². The van der Waals surface area contributed by atoms with Gasteiger partial charge in [0.1, 0.15) is 11.5 Å². The van der Waals surface area contributed by atoms with E-state index in [1.54, 1.807) is 18.3 Å². The van der Waals surface area contributed by atoms with Gasteiger partial charge in [0.05, 0.1) is 16.9 Å². The third kappa shape index (κ3) is 4.07. The minimum atomic E-state index is -0.263. The normalized spacial score (nSPS) is 14.2. The fraction of sp³-hybridized carbons (Fsp3) is 0.167. The van der Waals surface area contributed by atoms with E-state index >= 15 is 0 Å². The second-order valence-electron chi connectivity index (χ2n) is 9.71. The average Bonchev–Trinajstić information content (AvgIpc) is 3.68. The Bertz CT molecular complexity index is 1730. The fourth-order valence-electron chi connectivity index (χ4n) is 5.35. The topological polar surface area (TPSA) is 73.5 Å². The number of hydrogen-bond donors (Lipinski definition) is 2. The molecule has 1 fully saturated rings. The highest BCUT2D eigenvalue weighted by atomic mass is 19.1. The number of likely N-dealkylation sites (tertiary alicyclic amines) is 1. The molecule has 1 saturated heterocycles. The number of aromatic nitrogens is 5. The third-order valence-corrected chi connectivity index (χ3v) is 7.22. The molecule has 0 unspecified atom stereocenters. The van der Waals surface area contributed by atoms with Gasteiger partial charge < -0.3 is 4.98 Å². The van der Waals surface area contributed by atoms with Crippen LogP contribution in [0, 0.1) is 5.82 Å². The van der Waals surface area contributed by atoms with Crippen LogP contribution in [0.25, 0.3) is 55.6 Å². The molecule has 1 aliphatic heterocycles. The maximum atomic E-state index is 13.5. The first-order chi connectivity index (χ1) is 18.2. The largest absolute Gasteiger partial charge is 0.353 e. The van der Waals surface area contributed by atoms with Crippen molar-refractivity contribution in [2.45, 2.75) is 19.4 Å². The number of aromatic amines is 2. The number of fused-ring (bicyclic) bond motifs is 2. The van der Waals surface area contributed by atoms with Gasteiger partial charge in [-0.2, -0.15) is 5.10 Å². The van der Waals surface area contributed by atoms with Crippen molar-refractivity contribution in [3.05, 3.63) is 90.6 Å². The molecule has 7 rings (SSSR count). The summed E-state index contributed by atoms with van der Waals surface area (Å²) in [7, 11) is 0. The Morgan fingerprint density at radius 2 is 1.59 bits per heavy atom. The van der Waals surface area contributed by atoms with Gasteiger partial charge in [-0.15, -0.1) is 0 Å². The van der Waals surface area contributed by atoms with Gasteiger partial charge in [0.15, 0.2) is 0 Å². The maximum absolute atomic E-state index is 13.5. The van der Waals surface area contributed by atoms with E-state index in [9.17, 15) is 4.39 Å². The first-order valence-corrected chi connectivity index (χ1v) is 12.6. The van der Waals surface area contributed by atoms with Crippen LogP contribution in [0.3, 0.4) is 0 Å². The average molecular weight is 489 g/mol. The Labute approximate surface area is 213 Å².